The van der Waals surface area contributed by atoms with Gasteiger partial charge in [0.25, 0.3) is 0 Å². The minimum atomic E-state index is 0.312. The zero-order valence-electron chi connectivity index (χ0n) is 16.7. The number of hydrogen-bond acceptors (Lipinski definition) is 4. The molecule has 1 aromatic carbocycles. The molecule has 2 aliphatic rings. The van der Waals surface area contributed by atoms with E-state index in [4.69, 9.17) is 11.6 Å². The van der Waals surface area contributed by atoms with E-state index in [0.29, 0.717) is 11.3 Å². The predicted molar refractivity (Wildman–Crippen MR) is 119 cm³/mol. The first kappa shape index (κ1) is 20.6. The molecule has 1 atom stereocenters. The maximum atomic E-state index is 6.57. The van der Waals surface area contributed by atoms with Crippen molar-refractivity contribution < 1.29 is 0 Å². The molecule has 2 N–H and O–H groups in total. The second-order valence-electron chi connectivity index (χ2n) is 7.71. The molecule has 27 heavy (non-hydrogen) atoms. The molecule has 0 aliphatic carbocycles. The zero-order valence-corrected chi connectivity index (χ0v) is 18.3. The highest BCUT2D eigenvalue weighted by Crippen LogP contribution is 2.37. The van der Waals surface area contributed by atoms with Gasteiger partial charge in [-0.2, -0.15) is 11.8 Å². The molecule has 2 fully saturated rings. The van der Waals surface area contributed by atoms with Gasteiger partial charge >= 0.3 is 0 Å². The summed E-state index contributed by atoms with van der Waals surface area (Å²) >= 11 is 8.62. The third-order valence-corrected chi connectivity index (χ3v) is 7.42. The molecule has 2 saturated heterocycles. The van der Waals surface area contributed by atoms with E-state index in [0.717, 1.165) is 49.3 Å². The van der Waals surface area contributed by atoms with Crippen LogP contribution in [-0.4, -0.2) is 68.2 Å². The summed E-state index contributed by atoms with van der Waals surface area (Å²) in [6, 6.07) is 6.20. The number of thioether (sulfide) groups is 1. The summed E-state index contributed by atoms with van der Waals surface area (Å²) in [6.45, 7) is 8.18. The molecule has 7 heteroatoms. The number of halogens is 1. The summed E-state index contributed by atoms with van der Waals surface area (Å²) in [4.78, 5) is 9.21. The van der Waals surface area contributed by atoms with Crippen molar-refractivity contribution in [1.29, 1.82) is 0 Å². The van der Waals surface area contributed by atoms with Crippen molar-refractivity contribution in [3.8, 4) is 0 Å². The first-order valence-corrected chi connectivity index (χ1v) is 11.2. The smallest absolute Gasteiger partial charge is 0.191 e. The maximum absolute atomic E-state index is 6.57. The standard InChI is InChI=1S/C20H32ClN5S/c1-20(8-5-13-27-20)15-24-19(22-2)23-14-16-17(21)6-4-7-18(16)26-11-9-25(3)10-12-26/h4,6-7H,5,8-15H2,1-3H3,(H2,22,23,24). The van der Waals surface area contributed by atoms with Crippen LogP contribution in [0.1, 0.15) is 25.3 Å². The number of likely N-dealkylation sites (N-methyl/N-ethyl adjacent to an activating group) is 1. The van der Waals surface area contributed by atoms with E-state index >= 15 is 0 Å². The van der Waals surface area contributed by atoms with E-state index in [-0.39, 0.29) is 0 Å². The summed E-state index contributed by atoms with van der Waals surface area (Å²) < 4.78 is 0.312. The topological polar surface area (TPSA) is 42.9 Å². The Morgan fingerprint density at radius 2 is 2.04 bits per heavy atom. The number of nitrogens with zero attached hydrogens (tertiary/aromatic N) is 3. The lowest BCUT2D eigenvalue weighted by atomic mass is 10.1. The Morgan fingerprint density at radius 1 is 1.26 bits per heavy atom. The van der Waals surface area contributed by atoms with Crippen LogP contribution in [0.5, 0.6) is 0 Å². The van der Waals surface area contributed by atoms with Crippen LogP contribution in [0, 0.1) is 0 Å². The quantitative estimate of drug-likeness (QED) is 0.578. The van der Waals surface area contributed by atoms with Crippen LogP contribution in [0.2, 0.25) is 5.02 Å². The van der Waals surface area contributed by atoms with Crippen LogP contribution >= 0.6 is 23.4 Å². The van der Waals surface area contributed by atoms with Gasteiger partial charge in [0.05, 0.1) is 0 Å². The van der Waals surface area contributed by atoms with E-state index in [1.165, 1.54) is 24.3 Å². The monoisotopic (exact) mass is 409 g/mol. The summed E-state index contributed by atoms with van der Waals surface area (Å²) in [5.74, 6) is 2.10. The average Bonchev–Trinajstić information content (AvgIpc) is 3.10. The Bertz CT molecular complexity index is 652. The molecule has 0 radical (unpaired) electrons. The van der Waals surface area contributed by atoms with E-state index in [1.54, 1.807) is 0 Å². The number of hydrogen-bond donors (Lipinski definition) is 2. The van der Waals surface area contributed by atoms with Crippen LogP contribution < -0.4 is 15.5 Å². The van der Waals surface area contributed by atoms with Crippen LogP contribution in [0.25, 0.3) is 0 Å². The van der Waals surface area contributed by atoms with Gasteiger partial charge in [0.2, 0.25) is 0 Å². The second kappa shape index (κ2) is 9.39. The van der Waals surface area contributed by atoms with Gasteiger partial charge in [0.1, 0.15) is 0 Å². The van der Waals surface area contributed by atoms with Crippen LogP contribution in [0.15, 0.2) is 23.2 Å². The average molecular weight is 410 g/mol. The van der Waals surface area contributed by atoms with Crippen LogP contribution in [0.4, 0.5) is 5.69 Å². The fraction of sp³-hybridized carbons (Fsp3) is 0.650. The second-order valence-corrected chi connectivity index (χ2v) is 9.80. The molecule has 150 valence electrons. The summed E-state index contributed by atoms with van der Waals surface area (Å²) in [5.41, 5.74) is 2.38. The Balaban J connectivity index is 1.62. The van der Waals surface area contributed by atoms with Crippen molar-refractivity contribution >= 4 is 35.0 Å². The molecule has 1 aromatic rings. The predicted octanol–water partition coefficient (Wildman–Crippen LogP) is 3.04. The number of rotatable bonds is 5. The maximum Gasteiger partial charge on any atom is 0.191 e. The van der Waals surface area contributed by atoms with E-state index in [9.17, 15) is 0 Å². The largest absolute Gasteiger partial charge is 0.369 e. The van der Waals surface area contributed by atoms with Gasteiger partial charge in [-0.05, 0) is 44.7 Å². The van der Waals surface area contributed by atoms with Crippen molar-refractivity contribution in [3.05, 3.63) is 28.8 Å². The normalized spacial score (nSPS) is 24.3. The van der Waals surface area contributed by atoms with Gasteiger partial charge in [-0.3, -0.25) is 4.99 Å². The summed E-state index contributed by atoms with van der Waals surface area (Å²) in [6.07, 6.45) is 2.57. The fourth-order valence-corrected chi connectivity index (χ4v) is 5.19. The molecule has 3 rings (SSSR count). The van der Waals surface area contributed by atoms with Crippen LogP contribution in [0.3, 0.4) is 0 Å². The SMILES string of the molecule is CN=C(NCc1c(Cl)cccc1N1CCN(C)CC1)NCC1(C)CCCS1. The highest BCUT2D eigenvalue weighted by molar-refractivity contribution is 8.00. The zero-order chi connectivity index (χ0) is 19.3. The van der Waals surface area contributed by atoms with Crippen molar-refractivity contribution in [2.45, 2.75) is 31.1 Å². The fourth-order valence-electron chi connectivity index (χ4n) is 3.71. The van der Waals surface area contributed by atoms with Crippen molar-refractivity contribution in [2.75, 3.05) is 57.5 Å². The molecule has 0 spiro atoms. The number of piperazine rings is 1. The number of nitrogens with one attached hydrogen (secondary N) is 2. The lowest BCUT2D eigenvalue weighted by Crippen LogP contribution is -2.45. The number of benzene rings is 1. The van der Waals surface area contributed by atoms with Crippen molar-refractivity contribution in [1.82, 2.24) is 15.5 Å². The highest BCUT2D eigenvalue weighted by atomic mass is 35.5. The lowest BCUT2D eigenvalue weighted by Gasteiger charge is -2.35. The lowest BCUT2D eigenvalue weighted by molar-refractivity contribution is 0.312. The Labute approximate surface area is 172 Å². The van der Waals surface area contributed by atoms with E-state index in [2.05, 4.69) is 57.2 Å². The number of guanidine groups is 1. The first-order chi connectivity index (χ1) is 13.0. The molecule has 2 aliphatic heterocycles. The molecular weight excluding hydrogens is 378 g/mol. The van der Waals surface area contributed by atoms with E-state index in [1.807, 2.05) is 19.2 Å². The number of anilines is 1. The molecule has 0 bridgehead atoms. The Morgan fingerprint density at radius 3 is 2.70 bits per heavy atom. The summed E-state index contributed by atoms with van der Waals surface area (Å²) in [5, 5.41) is 7.78. The molecule has 0 saturated carbocycles. The number of aliphatic imine (C=N–C) groups is 1. The molecule has 5 nitrogen and oxygen atoms in total. The van der Waals surface area contributed by atoms with E-state index < -0.39 is 0 Å². The van der Waals surface area contributed by atoms with Crippen molar-refractivity contribution in [3.63, 3.8) is 0 Å². The minimum absolute atomic E-state index is 0.312. The third-order valence-electron chi connectivity index (χ3n) is 5.52. The molecule has 2 heterocycles. The molecule has 1 unspecified atom stereocenters. The van der Waals surface area contributed by atoms with Crippen molar-refractivity contribution in [2.24, 2.45) is 4.99 Å². The van der Waals surface area contributed by atoms with Gasteiger partial charge in [0.15, 0.2) is 5.96 Å². The van der Waals surface area contributed by atoms with Gasteiger partial charge < -0.3 is 20.4 Å². The van der Waals surface area contributed by atoms with Crippen LogP contribution in [-0.2, 0) is 6.54 Å². The van der Waals surface area contributed by atoms with Gasteiger partial charge in [-0.15, -0.1) is 0 Å². The highest BCUT2D eigenvalue weighted by Gasteiger charge is 2.29. The Kier molecular flexibility index (Phi) is 7.17. The third kappa shape index (κ3) is 5.46. The van der Waals surface area contributed by atoms with Gasteiger partial charge in [-0.1, -0.05) is 17.7 Å². The van der Waals surface area contributed by atoms with Gasteiger partial charge in [0, 0.05) is 67.3 Å². The minimum Gasteiger partial charge on any atom is -0.369 e. The molecule has 0 aromatic heterocycles. The first-order valence-electron chi connectivity index (χ1n) is 9.80. The summed E-state index contributed by atoms with van der Waals surface area (Å²) in [7, 11) is 4.00. The molecular formula is C20H32ClN5S. The molecule has 0 amide bonds. The van der Waals surface area contributed by atoms with Gasteiger partial charge in [-0.25, -0.2) is 0 Å². The Hall–Kier alpha value is -1.11.